The van der Waals surface area contributed by atoms with Crippen LogP contribution >= 0.6 is 0 Å². The Morgan fingerprint density at radius 3 is 2.27 bits per heavy atom. The molecule has 0 bridgehead atoms. The monoisotopic (exact) mass is 734 g/mol. The highest BCUT2D eigenvalue weighted by atomic mass is 32.2. The summed E-state index contributed by atoms with van der Waals surface area (Å²) in [6, 6.07) is 15.7. The van der Waals surface area contributed by atoms with Gasteiger partial charge in [-0.2, -0.15) is 4.98 Å². The van der Waals surface area contributed by atoms with Crippen molar-refractivity contribution in [2.45, 2.75) is 95.5 Å². The standard InChI is InChI=1S/C21H29N7O.C17H29N3O2S/c1-21(2,3)17-11-15-13-28(20(29)27-18(15)26-17)16-7-5-14(6-8-16)12-24-9-4-10-25-19(22)23;1-17(2,3)14-8-13(6-4-5-7-18)9-16(10-14)23(21,22)20-15-11-19-12-15/h5-8,11,13,24H,4,9-10,12H2,1-3H3,(H4,22,23,25)(H,26,27,29);8-10,15,19-20H,4-7,11-12,18H2,1-3H3. The number of aromatic amines is 1. The second kappa shape index (κ2) is 17.6. The van der Waals surface area contributed by atoms with Crippen molar-refractivity contribution in [3.63, 3.8) is 0 Å². The first kappa shape index (κ1) is 40.7. The third-order valence-corrected chi connectivity index (χ3v) is 10.3. The summed E-state index contributed by atoms with van der Waals surface area (Å²) < 4.78 is 29.6. The van der Waals surface area contributed by atoms with Crippen LogP contribution in [0, 0.1) is 0 Å². The molecule has 3 heterocycles. The maximum absolute atomic E-state index is 12.6. The van der Waals surface area contributed by atoms with Gasteiger partial charge in [0, 0.05) is 54.9 Å². The van der Waals surface area contributed by atoms with E-state index in [1.807, 2.05) is 30.5 Å². The van der Waals surface area contributed by atoms with Gasteiger partial charge in [-0.3, -0.25) is 9.56 Å². The van der Waals surface area contributed by atoms with Crippen molar-refractivity contribution in [2.75, 3.05) is 32.7 Å². The van der Waals surface area contributed by atoms with E-state index in [0.717, 1.165) is 72.2 Å². The Labute approximate surface area is 308 Å². The van der Waals surface area contributed by atoms with Gasteiger partial charge in [-0.1, -0.05) is 59.7 Å². The van der Waals surface area contributed by atoms with Gasteiger partial charge in [0.25, 0.3) is 0 Å². The van der Waals surface area contributed by atoms with E-state index in [-0.39, 0.29) is 28.5 Å². The van der Waals surface area contributed by atoms with E-state index in [1.54, 1.807) is 16.7 Å². The number of aromatic nitrogens is 3. The first-order valence-electron chi connectivity index (χ1n) is 18.0. The van der Waals surface area contributed by atoms with Crippen molar-refractivity contribution < 1.29 is 8.42 Å². The van der Waals surface area contributed by atoms with Gasteiger partial charge in [-0.25, -0.2) is 17.9 Å². The molecular weight excluding hydrogens is 677 g/mol. The summed E-state index contributed by atoms with van der Waals surface area (Å²) in [6.07, 6.45) is 5.49. The summed E-state index contributed by atoms with van der Waals surface area (Å²) in [6.45, 7) is 16.9. The smallest absolute Gasteiger partial charge is 0.354 e. The van der Waals surface area contributed by atoms with Crippen molar-refractivity contribution >= 4 is 27.0 Å². The molecule has 0 atom stereocenters. The molecular formula is C38H58N10O3S. The molecule has 0 unspecified atom stereocenters. The fourth-order valence-electron chi connectivity index (χ4n) is 5.53. The zero-order chi connectivity index (χ0) is 38.1. The molecule has 1 fully saturated rings. The summed E-state index contributed by atoms with van der Waals surface area (Å²) in [5.74, 6) is 0.123. The molecule has 0 aliphatic carbocycles. The summed E-state index contributed by atoms with van der Waals surface area (Å²) in [4.78, 5) is 24.3. The fourth-order valence-corrected chi connectivity index (χ4v) is 6.86. The summed E-state index contributed by atoms with van der Waals surface area (Å²) >= 11 is 0. The molecule has 284 valence electrons. The highest BCUT2D eigenvalue weighted by Crippen LogP contribution is 2.28. The average molecular weight is 735 g/mol. The molecule has 10 N–H and O–H groups in total. The lowest BCUT2D eigenvalue weighted by atomic mass is 9.86. The third kappa shape index (κ3) is 11.7. The largest absolute Gasteiger partial charge is 0.370 e. The topological polar surface area (TPSA) is 211 Å². The normalized spacial score (nSPS) is 13.8. The SMILES string of the molecule is CC(C)(C)c1cc(CCCCN)cc(S(=O)(=O)NC2CNC2)c1.CC(C)(C)c1cc2cn(-c3ccc(CNCCCN=C(N)N)cc3)c(=O)nc2[nH]1. The lowest BCUT2D eigenvalue weighted by molar-refractivity contribution is 0.410. The van der Waals surface area contributed by atoms with E-state index in [1.165, 1.54) is 0 Å². The maximum Gasteiger partial charge on any atom is 0.354 e. The number of nitrogens with zero attached hydrogens (tertiary/aromatic N) is 3. The predicted molar refractivity (Wildman–Crippen MR) is 212 cm³/mol. The van der Waals surface area contributed by atoms with E-state index >= 15 is 0 Å². The highest BCUT2D eigenvalue weighted by Gasteiger charge is 2.26. The van der Waals surface area contributed by atoms with Crippen LogP contribution in [0.4, 0.5) is 0 Å². The van der Waals surface area contributed by atoms with E-state index < -0.39 is 10.0 Å². The number of benzene rings is 2. The van der Waals surface area contributed by atoms with Gasteiger partial charge < -0.3 is 32.8 Å². The molecule has 0 amide bonds. The van der Waals surface area contributed by atoms with E-state index in [0.29, 0.717) is 36.7 Å². The molecule has 5 rings (SSSR count). The third-order valence-electron chi connectivity index (χ3n) is 8.83. The molecule has 1 saturated heterocycles. The Balaban J connectivity index is 0.000000239. The van der Waals surface area contributed by atoms with Gasteiger partial charge in [0.05, 0.1) is 10.6 Å². The number of nitrogens with two attached hydrogens (primary N) is 3. The summed E-state index contributed by atoms with van der Waals surface area (Å²) in [5.41, 5.74) is 21.4. The number of aliphatic imine (C=N–C) groups is 1. The second-order valence-corrected chi connectivity index (χ2v) is 17.2. The molecule has 0 spiro atoms. The van der Waals surface area contributed by atoms with Gasteiger partial charge in [-0.05, 0) is 91.2 Å². The molecule has 1 aliphatic heterocycles. The minimum absolute atomic E-state index is 0.000942. The van der Waals surface area contributed by atoms with Gasteiger partial charge in [0.15, 0.2) is 5.96 Å². The summed E-state index contributed by atoms with van der Waals surface area (Å²) in [5, 5.41) is 7.35. The van der Waals surface area contributed by atoms with Crippen LogP contribution in [-0.4, -0.2) is 67.7 Å². The van der Waals surface area contributed by atoms with Crippen LogP contribution < -0.4 is 38.2 Å². The number of fused-ring (bicyclic) bond motifs is 1. The van der Waals surface area contributed by atoms with Gasteiger partial charge in [-0.15, -0.1) is 0 Å². The number of sulfonamides is 1. The number of hydrogen-bond acceptors (Lipinski definition) is 8. The molecule has 2 aromatic carbocycles. The van der Waals surface area contributed by atoms with Crippen LogP contribution in [-0.2, 0) is 33.8 Å². The zero-order valence-corrected chi connectivity index (χ0v) is 32.4. The molecule has 0 radical (unpaired) electrons. The number of rotatable bonds is 14. The number of hydrogen-bond donors (Lipinski definition) is 7. The first-order chi connectivity index (χ1) is 24.5. The van der Waals surface area contributed by atoms with Crippen molar-refractivity contribution in [2.24, 2.45) is 22.2 Å². The molecule has 0 saturated carbocycles. The van der Waals surface area contributed by atoms with Gasteiger partial charge in [0.2, 0.25) is 10.0 Å². The predicted octanol–water partition coefficient (Wildman–Crippen LogP) is 3.28. The minimum Gasteiger partial charge on any atom is -0.370 e. The number of unbranched alkanes of at least 4 members (excludes halogenated alkanes) is 1. The van der Waals surface area contributed by atoms with Crippen LogP contribution in [0.15, 0.2) is 69.4 Å². The van der Waals surface area contributed by atoms with E-state index in [9.17, 15) is 13.2 Å². The Bertz CT molecular complexity index is 1960. The van der Waals surface area contributed by atoms with Crippen molar-refractivity contribution in [1.82, 2.24) is 29.9 Å². The molecule has 1 aliphatic rings. The van der Waals surface area contributed by atoms with Crippen LogP contribution in [0.25, 0.3) is 16.7 Å². The Kier molecular flexibility index (Phi) is 13.8. The van der Waals surface area contributed by atoms with Crippen LogP contribution in [0.2, 0.25) is 0 Å². The molecule has 2 aromatic heterocycles. The maximum atomic E-state index is 12.6. The Morgan fingerprint density at radius 2 is 1.67 bits per heavy atom. The molecule has 52 heavy (non-hydrogen) atoms. The highest BCUT2D eigenvalue weighted by molar-refractivity contribution is 7.89. The summed E-state index contributed by atoms with van der Waals surface area (Å²) in [7, 11) is -3.47. The lowest BCUT2D eigenvalue weighted by Crippen LogP contribution is -2.56. The van der Waals surface area contributed by atoms with Crippen LogP contribution in [0.3, 0.4) is 0 Å². The van der Waals surface area contributed by atoms with Crippen molar-refractivity contribution in [1.29, 1.82) is 0 Å². The molecule has 4 aromatic rings. The van der Waals surface area contributed by atoms with E-state index in [2.05, 4.69) is 84.0 Å². The minimum atomic E-state index is -3.47. The average Bonchev–Trinajstić information content (AvgIpc) is 3.48. The molecule has 13 nitrogen and oxygen atoms in total. The van der Waals surface area contributed by atoms with Gasteiger partial charge >= 0.3 is 5.69 Å². The molecule has 14 heteroatoms. The first-order valence-corrected chi connectivity index (χ1v) is 19.5. The second-order valence-electron chi connectivity index (χ2n) is 15.5. The fraction of sp³-hybridized carbons (Fsp3) is 0.500. The Morgan fingerprint density at radius 1 is 0.962 bits per heavy atom. The number of aryl methyl sites for hydroxylation is 1. The van der Waals surface area contributed by atoms with Crippen LogP contribution in [0.1, 0.15) is 83.2 Å². The number of guanidine groups is 1. The zero-order valence-electron chi connectivity index (χ0n) is 31.6. The van der Waals surface area contributed by atoms with Crippen molar-refractivity contribution in [3.05, 3.63) is 87.6 Å². The Hall–Kier alpha value is -4.08. The van der Waals surface area contributed by atoms with E-state index in [4.69, 9.17) is 17.2 Å². The van der Waals surface area contributed by atoms with Gasteiger partial charge in [0.1, 0.15) is 5.65 Å². The quantitative estimate of drug-likeness (QED) is 0.0575. The lowest BCUT2D eigenvalue weighted by Gasteiger charge is -2.28. The number of H-pyrrole nitrogens is 1. The van der Waals surface area contributed by atoms with Crippen molar-refractivity contribution in [3.8, 4) is 5.69 Å². The van der Waals surface area contributed by atoms with Crippen LogP contribution in [0.5, 0.6) is 0 Å². The number of nitrogens with one attached hydrogen (secondary N) is 4.